The lowest BCUT2D eigenvalue weighted by Crippen LogP contribution is -2.41. The van der Waals surface area contributed by atoms with Gasteiger partial charge in [0.25, 0.3) is 10.0 Å². The van der Waals surface area contributed by atoms with Gasteiger partial charge < -0.3 is 5.32 Å². The Morgan fingerprint density at radius 2 is 1.65 bits per heavy atom. The molecule has 0 saturated carbocycles. The minimum Gasteiger partial charge on any atom is -0.354 e. The second-order valence-electron chi connectivity index (χ2n) is 7.04. The molecule has 162 valence electrons. The number of benzene rings is 3. The molecule has 3 rings (SSSR count). The summed E-state index contributed by atoms with van der Waals surface area (Å²) < 4.78 is 41.0. The monoisotopic (exact) mass is 460 g/mol. The highest BCUT2D eigenvalue weighted by Gasteiger charge is 2.27. The van der Waals surface area contributed by atoms with Gasteiger partial charge in [-0.25, -0.2) is 12.8 Å². The van der Waals surface area contributed by atoms with Gasteiger partial charge >= 0.3 is 0 Å². The Bertz CT molecular complexity index is 1140. The topological polar surface area (TPSA) is 66.5 Å². The third-order valence-electron chi connectivity index (χ3n) is 4.78. The van der Waals surface area contributed by atoms with Crippen LogP contribution in [0.15, 0.2) is 83.8 Å². The van der Waals surface area contributed by atoms with Crippen LogP contribution in [0, 0.1) is 5.82 Å². The van der Waals surface area contributed by atoms with Crippen LogP contribution in [0.4, 0.5) is 10.1 Å². The average molecular weight is 461 g/mol. The van der Waals surface area contributed by atoms with Gasteiger partial charge in [0, 0.05) is 6.54 Å². The van der Waals surface area contributed by atoms with Crippen LogP contribution in [0.2, 0.25) is 5.02 Å². The van der Waals surface area contributed by atoms with Crippen LogP contribution in [0.3, 0.4) is 0 Å². The Morgan fingerprint density at radius 3 is 2.26 bits per heavy atom. The van der Waals surface area contributed by atoms with E-state index in [1.807, 2.05) is 37.3 Å². The average Bonchev–Trinajstić information content (AvgIpc) is 2.79. The summed E-state index contributed by atoms with van der Waals surface area (Å²) in [5, 5.41) is 2.55. The molecule has 0 saturated heterocycles. The number of carbonyl (C=O) groups excluding carboxylic acids is 1. The van der Waals surface area contributed by atoms with Gasteiger partial charge in [-0.2, -0.15) is 0 Å². The summed E-state index contributed by atoms with van der Waals surface area (Å²) in [6, 6.07) is 20.9. The van der Waals surface area contributed by atoms with Gasteiger partial charge in [-0.1, -0.05) is 67.1 Å². The third kappa shape index (κ3) is 5.62. The van der Waals surface area contributed by atoms with Gasteiger partial charge in [0.2, 0.25) is 5.91 Å². The molecule has 0 heterocycles. The fourth-order valence-electron chi connectivity index (χ4n) is 3.03. The fourth-order valence-corrected chi connectivity index (χ4v) is 4.64. The van der Waals surface area contributed by atoms with Crippen molar-refractivity contribution in [3.05, 3.63) is 95.3 Å². The van der Waals surface area contributed by atoms with Crippen LogP contribution in [0.25, 0.3) is 0 Å². The normalized spacial score (nSPS) is 12.2. The van der Waals surface area contributed by atoms with E-state index >= 15 is 0 Å². The van der Waals surface area contributed by atoms with Crippen molar-refractivity contribution in [2.45, 2.75) is 17.7 Å². The van der Waals surface area contributed by atoms with Crippen molar-refractivity contribution in [2.75, 3.05) is 17.4 Å². The number of carbonyl (C=O) groups is 1. The molecule has 0 aromatic heterocycles. The van der Waals surface area contributed by atoms with Crippen molar-refractivity contribution in [2.24, 2.45) is 0 Å². The molecule has 0 bridgehead atoms. The van der Waals surface area contributed by atoms with Crippen molar-refractivity contribution in [3.63, 3.8) is 0 Å². The number of hydrogen-bond acceptors (Lipinski definition) is 3. The maximum Gasteiger partial charge on any atom is 0.264 e. The summed E-state index contributed by atoms with van der Waals surface area (Å²) in [5.74, 6) is -1.11. The van der Waals surface area contributed by atoms with Crippen LogP contribution < -0.4 is 9.62 Å². The van der Waals surface area contributed by atoms with Crippen molar-refractivity contribution in [1.82, 2.24) is 5.32 Å². The highest BCUT2D eigenvalue weighted by atomic mass is 35.5. The first-order chi connectivity index (χ1) is 14.8. The summed E-state index contributed by atoms with van der Waals surface area (Å²) in [4.78, 5) is 12.7. The molecule has 1 amide bonds. The van der Waals surface area contributed by atoms with Gasteiger partial charge in [-0.3, -0.25) is 9.10 Å². The van der Waals surface area contributed by atoms with Gasteiger partial charge in [-0.05, 0) is 41.8 Å². The fraction of sp³-hybridized carbons (Fsp3) is 0.174. The predicted molar refractivity (Wildman–Crippen MR) is 120 cm³/mol. The standard InChI is InChI=1S/C23H22ClFN2O3S/c1-17(18-8-4-2-5-9-18)15-26-23(28)16-27(19-12-13-22(25)21(24)14-19)31(29,30)20-10-6-3-7-11-20/h2-14,17H,15-16H2,1H3,(H,26,28)/t17-/m1/s1. The second-order valence-corrected chi connectivity index (χ2v) is 9.31. The van der Waals surface area contributed by atoms with Crippen molar-refractivity contribution in [1.29, 1.82) is 0 Å². The Labute approximate surface area is 186 Å². The summed E-state index contributed by atoms with van der Waals surface area (Å²) in [6.07, 6.45) is 0. The number of amides is 1. The molecular weight excluding hydrogens is 439 g/mol. The number of sulfonamides is 1. The molecule has 1 N–H and O–H groups in total. The Morgan fingerprint density at radius 1 is 1.03 bits per heavy atom. The van der Waals surface area contributed by atoms with E-state index in [1.165, 1.54) is 24.3 Å². The van der Waals surface area contributed by atoms with E-state index in [0.29, 0.717) is 6.54 Å². The number of hydrogen-bond donors (Lipinski definition) is 1. The second kappa shape index (κ2) is 9.94. The smallest absolute Gasteiger partial charge is 0.264 e. The van der Waals surface area contributed by atoms with Crippen LogP contribution in [0.1, 0.15) is 18.4 Å². The molecule has 5 nitrogen and oxygen atoms in total. The molecule has 31 heavy (non-hydrogen) atoms. The minimum absolute atomic E-state index is 0.0147. The maximum absolute atomic E-state index is 13.6. The number of nitrogens with zero attached hydrogens (tertiary/aromatic N) is 1. The largest absolute Gasteiger partial charge is 0.354 e. The zero-order chi connectivity index (χ0) is 22.4. The molecule has 0 unspecified atom stereocenters. The molecule has 0 fully saturated rings. The molecule has 8 heteroatoms. The van der Waals surface area contributed by atoms with Crippen molar-refractivity contribution >= 4 is 33.2 Å². The SMILES string of the molecule is C[C@H](CNC(=O)CN(c1ccc(F)c(Cl)c1)S(=O)(=O)c1ccccc1)c1ccccc1. The third-order valence-corrected chi connectivity index (χ3v) is 6.86. The molecular formula is C23H22ClFN2O3S. The first-order valence-corrected chi connectivity index (χ1v) is 11.5. The first-order valence-electron chi connectivity index (χ1n) is 9.63. The zero-order valence-corrected chi connectivity index (χ0v) is 18.4. The Hall–Kier alpha value is -2.90. The number of nitrogens with one attached hydrogen (secondary N) is 1. The lowest BCUT2D eigenvalue weighted by molar-refractivity contribution is -0.119. The number of rotatable bonds is 8. The molecule has 0 radical (unpaired) electrons. The quantitative estimate of drug-likeness (QED) is 0.534. The van der Waals surface area contributed by atoms with E-state index in [9.17, 15) is 17.6 Å². The molecule has 0 aliphatic rings. The van der Waals surface area contributed by atoms with E-state index < -0.39 is 28.3 Å². The molecule has 0 aliphatic heterocycles. The maximum atomic E-state index is 13.6. The van der Waals surface area contributed by atoms with E-state index in [2.05, 4.69) is 5.32 Å². The zero-order valence-electron chi connectivity index (χ0n) is 16.8. The van der Waals surface area contributed by atoms with E-state index in [-0.39, 0.29) is 21.5 Å². The molecule has 3 aromatic rings. The molecule has 3 aromatic carbocycles. The Balaban J connectivity index is 1.83. The van der Waals surface area contributed by atoms with Crippen LogP contribution in [-0.4, -0.2) is 27.4 Å². The molecule has 1 atom stereocenters. The van der Waals surface area contributed by atoms with Crippen molar-refractivity contribution < 1.29 is 17.6 Å². The summed E-state index contributed by atoms with van der Waals surface area (Å²) in [5.41, 5.74) is 1.16. The highest BCUT2D eigenvalue weighted by Crippen LogP contribution is 2.27. The minimum atomic E-state index is -4.08. The van der Waals surface area contributed by atoms with Gasteiger partial charge in [0.05, 0.1) is 15.6 Å². The van der Waals surface area contributed by atoms with Gasteiger partial charge in [0.15, 0.2) is 0 Å². The van der Waals surface area contributed by atoms with Crippen molar-refractivity contribution in [3.8, 4) is 0 Å². The van der Waals surface area contributed by atoms with Crippen LogP contribution in [0.5, 0.6) is 0 Å². The summed E-state index contributed by atoms with van der Waals surface area (Å²) in [7, 11) is -4.08. The number of halogens is 2. The van der Waals surface area contributed by atoms with E-state index in [0.717, 1.165) is 15.9 Å². The lowest BCUT2D eigenvalue weighted by atomic mass is 10.0. The Kier molecular flexibility index (Phi) is 7.30. The highest BCUT2D eigenvalue weighted by molar-refractivity contribution is 7.92. The predicted octanol–water partition coefficient (Wildman–Crippen LogP) is 4.59. The van der Waals surface area contributed by atoms with Gasteiger partial charge in [-0.15, -0.1) is 0 Å². The number of anilines is 1. The van der Waals surface area contributed by atoms with Crippen LogP contribution >= 0.6 is 11.6 Å². The summed E-state index contributed by atoms with van der Waals surface area (Å²) >= 11 is 5.86. The first kappa shape index (κ1) is 22.8. The van der Waals surface area contributed by atoms with Gasteiger partial charge in [0.1, 0.15) is 12.4 Å². The van der Waals surface area contributed by atoms with E-state index in [1.54, 1.807) is 18.2 Å². The molecule has 0 aliphatic carbocycles. The van der Waals surface area contributed by atoms with Crippen LogP contribution in [-0.2, 0) is 14.8 Å². The summed E-state index contributed by atoms with van der Waals surface area (Å²) in [6.45, 7) is 1.83. The lowest BCUT2D eigenvalue weighted by Gasteiger charge is -2.24. The molecule has 0 spiro atoms. The van der Waals surface area contributed by atoms with E-state index in [4.69, 9.17) is 11.6 Å².